The van der Waals surface area contributed by atoms with Gasteiger partial charge < -0.3 is 14.7 Å². The van der Waals surface area contributed by atoms with E-state index < -0.39 is 5.97 Å². The van der Waals surface area contributed by atoms with Crippen LogP contribution in [0.15, 0.2) is 54.6 Å². The lowest BCUT2D eigenvalue weighted by molar-refractivity contribution is -0.136. The summed E-state index contributed by atoms with van der Waals surface area (Å²) in [7, 11) is 0. The Labute approximate surface area is 124 Å². The number of para-hydroxylation sites is 1. The monoisotopic (exact) mass is 285 g/mol. The summed E-state index contributed by atoms with van der Waals surface area (Å²) in [5.41, 5.74) is 0.999. The van der Waals surface area contributed by atoms with E-state index in [-0.39, 0.29) is 6.42 Å². The van der Waals surface area contributed by atoms with Gasteiger partial charge >= 0.3 is 5.97 Å². The average molecular weight is 285 g/mol. The molecule has 1 N–H and O–H groups in total. The minimum absolute atomic E-state index is 0.135. The van der Waals surface area contributed by atoms with Crippen molar-refractivity contribution in [2.24, 2.45) is 0 Å². The number of aliphatic carboxylic acids is 1. The topological polar surface area (TPSA) is 49.8 Å². The molecule has 0 saturated heterocycles. The number of hydrogen-bond acceptors (Lipinski definition) is 3. The van der Waals surface area contributed by atoms with E-state index in [1.54, 1.807) is 0 Å². The fourth-order valence-electron chi connectivity index (χ4n) is 2.05. The second-order valence-electron chi connectivity index (χ2n) is 4.63. The van der Waals surface area contributed by atoms with Crippen molar-refractivity contribution in [2.75, 3.05) is 18.0 Å². The smallest absolute Gasteiger partial charge is 0.305 e. The van der Waals surface area contributed by atoms with E-state index in [9.17, 15) is 4.79 Å². The van der Waals surface area contributed by atoms with E-state index in [0.29, 0.717) is 6.54 Å². The first-order valence-corrected chi connectivity index (χ1v) is 6.98. The highest BCUT2D eigenvalue weighted by atomic mass is 16.5. The Morgan fingerprint density at radius 1 is 1.05 bits per heavy atom. The lowest BCUT2D eigenvalue weighted by Gasteiger charge is -2.22. The van der Waals surface area contributed by atoms with Crippen LogP contribution in [-0.2, 0) is 4.79 Å². The molecule has 21 heavy (non-hydrogen) atoms. The molecule has 0 bridgehead atoms. The maximum Gasteiger partial charge on any atom is 0.305 e. The molecule has 4 heteroatoms. The molecule has 0 radical (unpaired) electrons. The first-order valence-electron chi connectivity index (χ1n) is 6.98. The zero-order chi connectivity index (χ0) is 15.1. The van der Waals surface area contributed by atoms with E-state index in [0.717, 1.165) is 23.7 Å². The number of hydrogen-bond donors (Lipinski definition) is 1. The molecule has 0 heterocycles. The van der Waals surface area contributed by atoms with Gasteiger partial charge in [0.05, 0.1) is 6.42 Å². The Kier molecular flexibility index (Phi) is 5.21. The Morgan fingerprint density at radius 3 is 2.24 bits per heavy atom. The number of carbonyl (C=O) groups is 1. The van der Waals surface area contributed by atoms with Gasteiger partial charge in [0.2, 0.25) is 0 Å². The maximum atomic E-state index is 10.7. The van der Waals surface area contributed by atoms with Crippen molar-refractivity contribution in [1.29, 1.82) is 0 Å². The predicted molar refractivity (Wildman–Crippen MR) is 83.1 cm³/mol. The molecule has 0 aliphatic heterocycles. The van der Waals surface area contributed by atoms with Crippen molar-refractivity contribution in [1.82, 2.24) is 0 Å². The van der Waals surface area contributed by atoms with Crippen molar-refractivity contribution in [3.05, 3.63) is 54.6 Å². The molecule has 0 fully saturated rings. The molecule has 0 spiro atoms. The number of carboxylic acid groups (broad SMARTS) is 1. The molecular formula is C17H19NO3. The molecule has 2 rings (SSSR count). The van der Waals surface area contributed by atoms with Gasteiger partial charge in [0.1, 0.15) is 11.5 Å². The summed E-state index contributed by atoms with van der Waals surface area (Å²) in [6.45, 7) is 3.28. The maximum absolute atomic E-state index is 10.7. The van der Waals surface area contributed by atoms with Crippen LogP contribution in [0.2, 0.25) is 0 Å². The van der Waals surface area contributed by atoms with Gasteiger partial charge in [-0.3, -0.25) is 4.79 Å². The van der Waals surface area contributed by atoms with Gasteiger partial charge in [0.25, 0.3) is 0 Å². The Bertz CT molecular complexity index is 566. The standard InChI is InChI=1S/C17H19NO3/c1-2-18(13-12-17(19)20)14-8-10-16(11-9-14)21-15-6-4-3-5-7-15/h3-11H,2,12-13H2,1H3,(H,19,20). The highest BCUT2D eigenvalue weighted by Gasteiger charge is 2.07. The van der Waals surface area contributed by atoms with Crippen LogP contribution >= 0.6 is 0 Å². The summed E-state index contributed by atoms with van der Waals surface area (Å²) in [4.78, 5) is 12.7. The van der Waals surface area contributed by atoms with Crippen molar-refractivity contribution in [2.45, 2.75) is 13.3 Å². The molecule has 2 aromatic carbocycles. The number of benzene rings is 2. The summed E-state index contributed by atoms with van der Waals surface area (Å²) >= 11 is 0. The second kappa shape index (κ2) is 7.33. The number of ether oxygens (including phenoxy) is 1. The van der Waals surface area contributed by atoms with Gasteiger partial charge in [-0.1, -0.05) is 18.2 Å². The molecule has 0 aromatic heterocycles. The normalized spacial score (nSPS) is 10.1. The van der Waals surface area contributed by atoms with Crippen LogP contribution in [0.1, 0.15) is 13.3 Å². The molecule has 0 amide bonds. The fourth-order valence-corrected chi connectivity index (χ4v) is 2.05. The molecule has 0 aliphatic carbocycles. The minimum Gasteiger partial charge on any atom is -0.481 e. The van der Waals surface area contributed by atoms with Gasteiger partial charge in [0, 0.05) is 18.8 Å². The Hall–Kier alpha value is -2.49. The van der Waals surface area contributed by atoms with Gasteiger partial charge in [-0.25, -0.2) is 0 Å². The average Bonchev–Trinajstić information content (AvgIpc) is 2.50. The molecule has 0 unspecified atom stereocenters. The van der Waals surface area contributed by atoms with Crippen LogP contribution in [0, 0.1) is 0 Å². The highest BCUT2D eigenvalue weighted by molar-refractivity contribution is 5.67. The zero-order valence-electron chi connectivity index (χ0n) is 12.0. The van der Waals surface area contributed by atoms with Crippen LogP contribution in [-0.4, -0.2) is 24.2 Å². The molecule has 4 nitrogen and oxygen atoms in total. The number of anilines is 1. The van der Waals surface area contributed by atoms with E-state index in [1.165, 1.54) is 0 Å². The van der Waals surface area contributed by atoms with E-state index in [4.69, 9.17) is 9.84 Å². The van der Waals surface area contributed by atoms with E-state index >= 15 is 0 Å². The van der Waals surface area contributed by atoms with Crippen molar-refractivity contribution in [3.8, 4) is 11.5 Å². The van der Waals surface area contributed by atoms with Gasteiger partial charge in [-0.05, 0) is 43.3 Å². The third-order valence-electron chi connectivity index (χ3n) is 3.16. The van der Waals surface area contributed by atoms with Crippen LogP contribution in [0.25, 0.3) is 0 Å². The number of nitrogens with zero attached hydrogens (tertiary/aromatic N) is 1. The van der Waals surface area contributed by atoms with Gasteiger partial charge in [0.15, 0.2) is 0 Å². The lowest BCUT2D eigenvalue weighted by atomic mass is 10.2. The summed E-state index contributed by atoms with van der Waals surface area (Å²) in [5.74, 6) is 0.778. The van der Waals surface area contributed by atoms with Crippen LogP contribution in [0.3, 0.4) is 0 Å². The zero-order valence-corrected chi connectivity index (χ0v) is 12.0. The largest absolute Gasteiger partial charge is 0.481 e. The molecular weight excluding hydrogens is 266 g/mol. The molecule has 0 aliphatic rings. The molecule has 0 saturated carbocycles. The van der Waals surface area contributed by atoms with E-state index in [1.807, 2.05) is 66.4 Å². The third-order valence-corrected chi connectivity index (χ3v) is 3.16. The van der Waals surface area contributed by atoms with Crippen molar-refractivity contribution in [3.63, 3.8) is 0 Å². The summed E-state index contributed by atoms with van der Waals surface area (Å²) in [6, 6.07) is 17.3. The van der Waals surface area contributed by atoms with Gasteiger partial charge in [-0.2, -0.15) is 0 Å². The SMILES string of the molecule is CCN(CCC(=O)O)c1ccc(Oc2ccccc2)cc1. The van der Waals surface area contributed by atoms with Crippen LogP contribution in [0.4, 0.5) is 5.69 Å². The lowest BCUT2D eigenvalue weighted by Crippen LogP contribution is -2.25. The van der Waals surface area contributed by atoms with E-state index in [2.05, 4.69) is 0 Å². The Balaban J connectivity index is 2.02. The second-order valence-corrected chi connectivity index (χ2v) is 4.63. The number of rotatable bonds is 7. The molecule has 110 valence electrons. The summed E-state index contributed by atoms with van der Waals surface area (Å²) in [6.07, 6.45) is 0.135. The first kappa shape index (κ1) is 14.9. The summed E-state index contributed by atoms with van der Waals surface area (Å²) in [5, 5.41) is 8.77. The number of carboxylic acids is 1. The van der Waals surface area contributed by atoms with Gasteiger partial charge in [-0.15, -0.1) is 0 Å². The third kappa shape index (κ3) is 4.53. The van der Waals surface area contributed by atoms with Crippen molar-refractivity contribution < 1.29 is 14.6 Å². The Morgan fingerprint density at radius 2 is 1.67 bits per heavy atom. The van der Waals surface area contributed by atoms with Crippen LogP contribution < -0.4 is 9.64 Å². The molecule has 0 atom stereocenters. The molecule has 2 aromatic rings. The predicted octanol–water partition coefficient (Wildman–Crippen LogP) is 3.78. The minimum atomic E-state index is -0.780. The van der Waals surface area contributed by atoms with Crippen LogP contribution in [0.5, 0.6) is 11.5 Å². The quantitative estimate of drug-likeness (QED) is 0.841. The van der Waals surface area contributed by atoms with Crippen molar-refractivity contribution >= 4 is 11.7 Å². The fraction of sp³-hybridized carbons (Fsp3) is 0.235. The first-order chi connectivity index (χ1) is 10.2. The highest BCUT2D eigenvalue weighted by Crippen LogP contribution is 2.24. The summed E-state index contributed by atoms with van der Waals surface area (Å²) < 4.78 is 5.73.